The van der Waals surface area contributed by atoms with Crippen molar-refractivity contribution in [2.45, 2.75) is 26.3 Å². The molecule has 2 atom stereocenters. The topological polar surface area (TPSA) is 107 Å². The molecular formula is C18H23NO5V. The molecule has 0 saturated carbocycles. The molecular weight excluding hydrogens is 361 g/mol. The first kappa shape index (κ1) is 23.0. The molecule has 0 aliphatic carbocycles. The molecule has 0 aliphatic heterocycles. The van der Waals surface area contributed by atoms with Gasteiger partial charge in [0.1, 0.15) is 11.8 Å². The third-order valence-electron chi connectivity index (χ3n) is 3.75. The summed E-state index contributed by atoms with van der Waals surface area (Å²) in [5.74, 6) is -0.901. The van der Waals surface area contributed by atoms with Gasteiger partial charge in [-0.05, 0) is 22.8 Å². The number of rotatable bonds is 5. The summed E-state index contributed by atoms with van der Waals surface area (Å²) in [7, 11) is 1.00. The monoisotopic (exact) mass is 384 g/mol. The number of hydrogen-bond acceptors (Lipinski definition) is 5. The first-order chi connectivity index (χ1) is 12.0. The minimum absolute atomic E-state index is 0.0594. The summed E-state index contributed by atoms with van der Waals surface area (Å²) >= 11 is 1.06. The number of phenolic OH excluding ortho intramolecular Hbond substituents is 1. The number of fused-ring (bicyclic) bond motifs is 1. The van der Waals surface area contributed by atoms with Crippen LogP contribution in [-0.4, -0.2) is 40.7 Å². The third kappa shape index (κ3) is 6.42. The number of nitrogens with zero attached hydrogens (tertiary/aromatic N) is 1. The van der Waals surface area contributed by atoms with Crippen molar-refractivity contribution in [2.75, 3.05) is 7.11 Å². The fraction of sp³-hybridized carbons (Fsp3) is 0.333. The predicted octanol–water partition coefficient (Wildman–Crippen LogP) is 2.95. The van der Waals surface area contributed by atoms with E-state index in [0.717, 1.165) is 41.7 Å². The third-order valence-corrected chi connectivity index (χ3v) is 3.75. The normalized spacial score (nSPS) is 12.4. The van der Waals surface area contributed by atoms with Crippen molar-refractivity contribution in [3.8, 4) is 5.75 Å². The second-order valence-electron chi connectivity index (χ2n) is 5.17. The molecule has 0 spiro atoms. The summed E-state index contributed by atoms with van der Waals surface area (Å²) in [6.07, 6.45) is 2.21. The van der Waals surface area contributed by atoms with Gasteiger partial charge >= 0.3 is 27.0 Å². The van der Waals surface area contributed by atoms with Gasteiger partial charge in [0.05, 0.1) is 0 Å². The van der Waals surface area contributed by atoms with Crippen LogP contribution in [-0.2, 0) is 25.8 Å². The molecule has 7 heteroatoms. The molecule has 135 valence electrons. The molecule has 2 aromatic rings. The van der Waals surface area contributed by atoms with Crippen molar-refractivity contribution in [1.29, 1.82) is 0 Å². The van der Waals surface area contributed by atoms with Gasteiger partial charge in [-0.25, -0.2) is 4.79 Å². The molecule has 0 saturated heterocycles. The molecule has 2 aromatic carbocycles. The van der Waals surface area contributed by atoms with Crippen molar-refractivity contribution >= 4 is 23.0 Å². The number of aromatic hydroxyl groups is 1. The van der Waals surface area contributed by atoms with Crippen molar-refractivity contribution < 1.29 is 41.2 Å². The number of carboxylic acid groups (broad SMARTS) is 1. The van der Waals surface area contributed by atoms with Gasteiger partial charge in [0.15, 0.2) is 0 Å². The van der Waals surface area contributed by atoms with Gasteiger partial charge in [-0.1, -0.05) is 50.6 Å². The van der Waals surface area contributed by atoms with Gasteiger partial charge in [0, 0.05) is 18.9 Å². The van der Waals surface area contributed by atoms with E-state index in [9.17, 15) is 15.0 Å². The van der Waals surface area contributed by atoms with Crippen LogP contribution >= 0.6 is 0 Å². The number of aliphatic carboxylic acids is 1. The second kappa shape index (κ2) is 12.4. The van der Waals surface area contributed by atoms with E-state index in [1.165, 1.54) is 6.21 Å². The van der Waals surface area contributed by atoms with E-state index in [1.54, 1.807) is 6.07 Å². The van der Waals surface area contributed by atoms with Gasteiger partial charge in [-0.15, -0.1) is 0 Å². The van der Waals surface area contributed by atoms with Crippen molar-refractivity contribution in [3.05, 3.63) is 42.0 Å². The van der Waals surface area contributed by atoms with E-state index in [-0.39, 0.29) is 11.7 Å². The van der Waals surface area contributed by atoms with E-state index in [1.807, 2.05) is 44.2 Å². The van der Waals surface area contributed by atoms with Gasteiger partial charge < -0.3 is 15.3 Å². The summed E-state index contributed by atoms with van der Waals surface area (Å²) in [5, 5.41) is 28.1. The minimum atomic E-state index is -0.944. The van der Waals surface area contributed by atoms with Crippen molar-refractivity contribution in [1.82, 2.24) is 0 Å². The molecule has 0 radical (unpaired) electrons. The number of benzene rings is 2. The zero-order valence-corrected chi connectivity index (χ0v) is 15.9. The molecule has 0 heterocycles. The molecule has 25 heavy (non-hydrogen) atoms. The molecule has 2 rings (SSSR count). The van der Waals surface area contributed by atoms with E-state index in [0.29, 0.717) is 5.56 Å². The second-order valence-corrected chi connectivity index (χ2v) is 5.17. The number of aliphatic hydroxyl groups excluding tert-OH is 1. The Balaban J connectivity index is 0.00000134. The van der Waals surface area contributed by atoms with Crippen LogP contribution in [0.2, 0.25) is 0 Å². The molecule has 3 N–H and O–H groups in total. The Morgan fingerprint density at radius 3 is 2.36 bits per heavy atom. The first-order valence-electron chi connectivity index (χ1n) is 7.64. The zero-order chi connectivity index (χ0) is 19.4. The van der Waals surface area contributed by atoms with Gasteiger partial charge in [-0.3, -0.25) is 4.99 Å². The average Bonchev–Trinajstić information content (AvgIpc) is 2.66. The number of hydrogen-bond donors (Lipinski definition) is 3. The molecule has 0 fully saturated rings. The van der Waals surface area contributed by atoms with E-state index >= 15 is 0 Å². The fourth-order valence-corrected chi connectivity index (χ4v) is 2.25. The Bertz CT molecular complexity index is 705. The van der Waals surface area contributed by atoms with Crippen LogP contribution < -0.4 is 0 Å². The number of carbonyl (C=O) groups is 1. The van der Waals surface area contributed by atoms with Crippen molar-refractivity contribution in [3.63, 3.8) is 0 Å². The predicted molar refractivity (Wildman–Crippen MR) is 92.9 cm³/mol. The number of aliphatic imine (C=N–C) groups is 1. The van der Waals surface area contributed by atoms with E-state index in [4.69, 9.17) is 8.78 Å². The maximum atomic E-state index is 11.3. The fourth-order valence-electron chi connectivity index (χ4n) is 2.25. The van der Waals surface area contributed by atoms with Gasteiger partial charge in [0.2, 0.25) is 0 Å². The standard InChI is InChI=1S/C17H19NO3.CH4O.O.V/c1-3-11(2)16(17(20)21)18-10-14-13-7-5-4-6-12(13)8-9-15(14)19;1-2;;/h4-11,16,19H,3H2,1-2H3,(H,20,21);2H,1H3;;/t11-,16-;;;/m0.../s1. The Morgan fingerprint density at radius 1 is 1.20 bits per heavy atom. The van der Waals surface area contributed by atoms with Crippen molar-refractivity contribution in [2.24, 2.45) is 10.9 Å². The Labute approximate surface area is 156 Å². The zero-order valence-electron chi connectivity index (χ0n) is 14.5. The molecule has 0 bridgehead atoms. The van der Waals surface area contributed by atoms with Crippen LogP contribution in [0.25, 0.3) is 10.8 Å². The summed E-state index contributed by atoms with van der Waals surface area (Å²) in [5.41, 5.74) is 0.558. The Morgan fingerprint density at radius 2 is 1.80 bits per heavy atom. The SMILES string of the molecule is CC[C@H](C)[C@H](N=Cc1c(O)ccc2ccccc12)C(=O)O.CO.[O]=[V]. The quantitative estimate of drug-likeness (QED) is 0.687. The first-order valence-corrected chi connectivity index (χ1v) is 8.21. The van der Waals surface area contributed by atoms with Gasteiger partial charge in [0.25, 0.3) is 0 Å². The van der Waals surface area contributed by atoms with E-state index in [2.05, 4.69) is 4.99 Å². The number of aliphatic hydroxyl groups is 1. The summed E-state index contributed by atoms with van der Waals surface area (Å²) in [6.45, 7) is 3.80. The number of carboxylic acids is 1. The summed E-state index contributed by atoms with van der Waals surface area (Å²) < 4.78 is 8.19. The summed E-state index contributed by atoms with van der Waals surface area (Å²) in [4.78, 5) is 15.5. The Kier molecular flexibility index (Phi) is 11.4. The molecule has 0 unspecified atom stereocenters. The summed E-state index contributed by atoms with van der Waals surface area (Å²) in [6, 6.07) is 10.2. The van der Waals surface area contributed by atoms with Crippen LogP contribution in [0.15, 0.2) is 41.4 Å². The van der Waals surface area contributed by atoms with Gasteiger partial charge in [-0.2, -0.15) is 0 Å². The van der Waals surface area contributed by atoms with E-state index < -0.39 is 12.0 Å². The Hall–Kier alpha value is -2.02. The van der Waals surface area contributed by atoms with Crippen LogP contribution in [0, 0.1) is 5.92 Å². The van der Waals surface area contributed by atoms with Crippen LogP contribution in [0.1, 0.15) is 25.8 Å². The molecule has 0 aromatic heterocycles. The molecule has 0 aliphatic rings. The molecule has 0 amide bonds. The molecule has 6 nitrogen and oxygen atoms in total. The van der Waals surface area contributed by atoms with Crippen LogP contribution in [0.5, 0.6) is 5.75 Å². The van der Waals surface area contributed by atoms with Crippen LogP contribution in [0.3, 0.4) is 0 Å². The average molecular weight is 384 g/mol. The van der Waals surface area contributed by atoms with Crippen LogP contribution in [0.4, 0.5) is 0 Å². The maximum absolute atomic E-state index is 11.3. The number of phenols is 1.